The van der Waals surface area contributed by atoms with Gasteiger partial charge in [-0.25, -0.2) is 4.39 Å². The molecule has 23 heavy (non-hydrogen) atoms. The maximum Gasteiger partial charge on any atom is 0.311 e. The van der Waals surface area contributed by atoms with Crippen molar-refractivity contribution in [1.82, 2.24) is 0 Å². The zero-order chi connectivity index (χ0) is 16.8. The number of carbonyl (C=O) groups is 1. The van der Waals surface area contributed by atoms with Crippen molar-refractivity contribution in [3.05, 3.63) is 59.9 Å². The Morgan fingerprint density at radius 3 is 2.61 bits per heavy atom. The highest BCUT2D eigenvalue weighted by Gasteiger charge is 2.20. The average Bonchev–Trinajstić information content (AvgIpc) is 2.53. The molecule has 0 spiro atoms. The minimum absolute atomic E-state index is 0.129. The highest BCUT2D eigenvalue weighted by atomic mass is 19.1. The van der Waals surface area contributed by atoms with Crippen molar-refractivity contribution in [1.29, 1.82) is 0 Å². The van der Waals surface area contributed by atoms with E-state index in [0.29, 0.717) is 5.56 Å². The lowest BCUT2D eigenvalue weighted by Gasteiger charge is -2.17. The Balaban J connectivity index is 2.06. The van der Waals surface area contributed by atoms with E-state index in [-0.39, 0.29) is 18.8 Å². The number of ether oxygens (including phenoxy) is 1. The van der Waals surface area contributed by atoms with Gasteiger partial charge in [0.15, 0.2) is 11.6 Å². The summed E-state index contributed by atoms with van der Waals surface area (Å²) in [5, 5.41) is 9.46. The lowest BCUT2D eigenvalue weighted by atomic mass is 9.95. The second-order valence-corrected chi connectivity index (χ2v) is 5.45. The van der Waals surface area contributed by atoms with Crippen LogP contribution in [0, 0.1) is 5.82 Å². The molecule has 0 bridgehead atoms. The molecule has 1 N–H and O–H groups in total. The number of rotatable bonds is 7. The van der Waals surface area contributed by atoms with Crippen LogP contribution in [0.25, 0.3) is 0 Å². The molecule has 5 heteroatoms. The summed E-state index contributed by atoms with van der Waals surface area (Å²) in [5.41, 5.74) is 1.64. The number of para-hydroxylation sites is 1. The molecule has 0 aliphatic carbocycles. The fourth-order valence-electron chi connectivity index (χ4n) is 2.30. The lowest BCUT2D eigenvalue weighted by molar-refractivity contribution is -0.139. The van der Waals surface area contributed by atoms with Gasteiger partial charge in [0, 0.05) is 19.8 Å². The van der Waals surface area contributed by atoms with Crippen LogP contribution in [0.15, 0.2) is 48.5 Å². The van der Waals surface area contributed by atoms with Crippen LogP contribution >= 0.6 is 0 Å². The number of aliphatic carboxylic acids is 1. The molecule has 1 unspecified atom stereocenters. The van der Waals surface area contributed by atoms with Crippen LogP contribution in [0.3, 0.4) is 0 Å². The second-order valence-electron chi connectivity index (χ2n) is 5.45. The van der Waals surface area contributed by atoms with Crippen molar-refractivity contribution in [2.75, 3.05) is 25.6 Å². The van der Waals surface area contributed by atoms with Gasteiger partial charge in [-0.05, 0) is 36.2 Å². The molecule has 1 atom stereocenters. The first-order valence-corrected chi connectivity index (χ1v) is 7.36. The molecular weight excluding hydrogens is 297 g/mol. The summed E-state index contributed by atoms with van der Waals surface area (Å²) in [5.74, 6) is -1.92. The van der Waals surface area contributed by atoms with Gasteiger partial charge in [0.1, 0.15) is 0 Å². The number of hydrogen-bond donors (Lipinski definition) is 1. The van der Waals surface area contributed by atoms with E-state index in [2.05, 4.69) is 0 Å². The van der Waals surface area contributed by atoms with E-state index in [1.165, 1.54) is 12.1 Å². The number of halogens is 1. The van der Waals surface area contributed by atoms with Gasteiger partial charge in [0.05, 0.1) is 12.5 Å². The van der Waals surface area contributed by atoms with Gasteiger partial charge < -0.3 is 14.7 Å². The van der Waals surface area contributed by atoms with Gasteiger partial charge in [0.25, 0.3) is 0 Å². The maximum atomic E-state index is 13.5. The van der Waals surface area contributed by atoms with E-state index >= 15 is 0 Å². The highest BCUT2D eigenvalue weighted by molar-refractivity contribution is 5.76. The molecule has 2 aromatic carbocycles. The minimum atomic E-state index is -0.918. The summed E-state index contributed by atoms with van der Waals surface area (Å²) < 4.78 is 18.9. The van der Waals surface area contributed by atoms with Crippen molar-refractivity contribution < 1.29 is 19.0 Å². The molecule has 0 saturated heterocycles. The van der Waals surface area contributed by atoms with Crippen LogP contribution in [0.1, 0.15) is 17.9 Å². The molecule has 0 saturated carbocycles. The van der Waals surface area contributed by atoms with Gasteiger partial charge in [-0.15, -0.1) is 0 Å². The zero-order valence-electron chi connectivity index (χ0n) is 13.2. The highest BCUT2D eigenvalue weighted by Crippen LogP contribution is 2.25. The Hall–Kier alpha value is -2.56. The van der Waals surface area contributed by atoms with E-state index in [4.69, 9.17) is 4.74 Å². The molecule has 0 heterocycles. The number of nitrogens with zero attached hydrogens (tertiary/aromatic N) is 1. The van der Waals surface area contributed by atoms with Crippen LogP contribution < -0.4 is 9.64 Å². The Kier molecular flexibility index (Phi) is 5.57. The predicted octanol–water partition coefficient (Wildman–Crippen LogP) is 3.53. The fraction of sp³-hybridized carbons (Fsp3) is 0.278. The van der Waals surface area contributed by atoms with Gasteiger partial charge in [-0.2, -0.15) is 0 Å². The summed E-state index contributed by atoms with van der Waals surface area (Å²) in [4.78, 5) is 13.5. The standard InChI is InChI=1S/C18H20FNO3/c1-20(2)14-7-5-6-13(12-14)15(18(21)22)10-11-23-17-9-4-3-8-16(17)19/h3-9,12,15H,10-11H2,1-2H3,(H,21,22). The summed E-state index contributed by atoms with van der Waals surface area (Å²) in [6, 6.07) is 13.5. The Morgan fingerprint density at radius 1 is 1.22 bits per heavy atom. The quantitative estimate of drug-likeness (QED) is 0.849. The number of carboxylic acids is 1. The Labute approximate surface area is 135 Å². The van der Waals surface area contributed by atoms with E-state index in [1.54, 1.807) is 18.2 Å². The van der Waals surface area contributed by atoms with Gasteiger partial charge in [0.2, 0.25) is 0 Å². The van der Waals surface area contributed by atoms with Crippen molar-refractivity contribution >= 4 is 11.7 Å². The second kappa shape index (κ2) is 7.63. The molecule has 0 aliphatic rings. The summed E-state index contributed by atoms with van der Waals surface area (Å²) in [7, 11) is 3.80. The molecule has 0 aromatic heterocycles. The summed E-state index contributed by atoms with van der Waals surface area (Å²) in [6.07, 6.45) is 0.264. The zero-order valence-corrected chi connectivity index (χ0v) is 13.2. The summed E-state index contributed by atoms with van der Waals surface area (Å²) >= 11 is 0. The summed E-state index contributed by atoms with van der Waals surface area (Å²) in [6.45, 7) is 0.129. The first-order chi connectivity index (χ1) is 11.0. The predicted molar refractivity (Wildman–Crippen MR) is 87.7 cm³/mol. The molecule has 4 nitrogen and oxygen atoms in total. The normalized spacial score (nSPS) is 11.8. The van der Waals surface area contributed by atoms with Gasteiger partial charge >= 0.3 is 5.97 Å². The van der Waals surface area contributed by atoms with E-state index in [0.717, 1.165) is 5.69 Å². The molecule has 2 aromatic rings. The maximum absolute atomic E-state index is 13.5. The monoisotopic (exact) mass is 317 g/mol. The van der Waals surface area contributed by atoms with Crippen LogP contribution in [0.5, 0.6) is 5.75 Å². The molecule has 0 amide bonds. The third-order valence-electron chi connectivity index (χ3n) is 3.59. The van der Waals surface area contributed by atoms with Crippen LogP contribution in [-0.2, 0) is 4.79 Å². The van der Waals surface area contributed by atoms with Crippen LogP contribution in [0.4, 0.5) is 10.1 Å². The molecule has 0 fully saturated rings. The van der Waals surface area contributed by atoms with Crippen molar-refractivity contribution in [2.45, 2.75) is 12.3 Å². The van der Waals surface area contributed by atoms with Crippen molar-refractivity contribution in [3.63, 3.8) is 0 Å². The molecule has 2 rings (SSSR count). The van der Waals surface area contributed by atoms with Crippen LogP contribution in [-0.4, -0.2) is 31.8 Å². The van der Waals surface area contributed by atoms with Gasteiger partial charge in [-0.3, -0.25) is 4.79 Å². The van der Waals surface area contributed by atoms with E-state index < -0.39 is 17.7 Å². The van der Waals surface area contributed by atoms with Gasteiger partial charge in [-0.1, -0.05) is 24.3 Å². The lowest BCUT2D eigenvalue weighted by Crippen LogP contribution is -2.16. The van der Waals surface area contributed by atoms with E-state index in [9.17, 15) is 14.3 Å². The first kappa shape index (κ1) is 16.8. The first-order valence-electron chi connectivity index (χ1n) is 7.36. The molecular formula is C18H20FNO3. The average molecular weight is 317 g/mol. The Bertz CT molecular complexity index is 673. The number of benzene rings is 2. The van der Waals surface area contributed by atoms with Crippen molar-refractivity contribution in [2.24, 2.45) is 0 Å². The fourth-order valence-corrected chi connectivity index (χ4v) is 2.30. The van der Waals surface area contributed by atoms with E-state index in [1.807, 2.05) is 37.2 Å². The van der Waals surface area contributed by atoms with Crippen molar-refractivity contribution in [3.8, 4) is 5.75 Å². The Morgan fingerprint density at radius 2 is 1.96 bits per heavy atom. The SMILES string of the molecule is CN(C)c1cccc(C(CCOc2ccccc2F)C(=O)O)c1. The smallest absolute Gasteiger partial charge is 0.311 e. The third-order valence-corrected chi connectivity index (χ3v) is 3.59. The molecule has 122 valence electrons. The number of hydrogen-bond acceptors (Lipinski definition) is 3. The topological polar surface area (TPSA) is 49.8 Å². The minimum Gasteiger partial charge on any atom is -0.490 e. The van der Waals surface area contributed by atoms with Crippen LogP contribution in [0.2, 0.25) is 0 Å². The number of carboxylic acid groups (broad SMARTS) is 1. The molecule has 0 radical (unpaired) electrons. The largest absolute Gasteiger partial charge is 0.490 e. The third kappa shape index (κ3) is 4.45. The number of anilines is 1. The molecule has 0 aliphatic heterocycles.